The first-order valence-electron chi connectivity index (χ1n) is 12.3. The second kappa shape index (κ2) is 12.2. The number of alkyl halides is 1. The third-order valence-electron chi connectivity index (χ3n) is 6.88. The van der Waals surface area contributed by atoms with Crippen molar-refractivity contribution >= 4 is 29.0 Å². The van der Waals surface area contributed by atoms with Gasteiger partial charge in [-0.25, -0.2) is 23.1 Å². The van der Waals surface area contributed by atoms with E-state index in [9.17, 15) is 22.4 Å². The fourth-order valence-electron chi connectivity index (χ4n) is 4.76. The molecule has 1 aliphatic heterocycles. The number of amides is 1. The minimum Gasteiger partial charge on any atom is -0.451 e. The van der Waals surface area contributed by atoms with E-state index in [1.807, 2.05) is 6.92 Å². The zero-order chi connectivity index (χ0) is 29.1. The van der Waals surface area contributed by atoms with Crippen LogP contribution in [-0.2, 0) is 4.79 Å². The number of nitrogens with two attached hydrogens (primary N) is 1. The quantitative estimate of drug-likeness (QED) is 0.162. The molecular formula is C27H25ClF5N5O2. The Morgan fingerprint density at radius 1 is 1.15 bits per heavy atom. The number of rotatable bonds is 8. The number of carbonyl (C=O) groups excluding carboxylic acids is 1. The zero-order valence-electron chi connectivity index (χ0n) is 21.5. The number of likely N-dealkylation sites (tertiary alicyclic amines) is 1. The maximum atomic E-state index is 15.4. The second-order valence-electron chi connectivity index (χ2n) is 9.25. The van der Waals surface area contributed by atoms with Gasteiger partial charge in [0.2, 0.25) is 23.3 Å². The van der Waals surface area contributed by atoms with Gasteiger partial charge < -0.3 is 15.4 Å². The molecule has 0 spiro atoms. The molecule has 13 heteroatoms. The van der Waals surface area contributed by atoms with E-state index in [1.165, 1.54) is 19.4 Å². The summed E-state index contributed by atoms with van der Waals surface area (Å²) in [4.78, 5) is 26.8. The number of aromatic nitrogens is 2. The zero-order valence-corrected chi connectivity index (χ0v) is 22.3. The van der Waals surface area contributed by atoms with E-state index in [0.717, 1.165) is 12.1 Å². The highest BCUT2D eigenvalue weighted by Gasteiger charge is 2.33. The van der Waals surface area contributed by atoms with Gasteiger partial charge in [0.15, 0.2) is 11.6 Å². The number of nitrogen functional groups attached to an aromatic ring is 1. The summed E-state index contributed by atoms with van der Waals surface area (Å²) in [5, 5.41) is 0. The number of nitrogens with zero attached hydrogens (tertiary/aromatic N) is 4. The number of benzene rings is 2. The molecule has 0 aliphatic carbocycles. The molecule has 2 N–H and O–H groups in total. The fourth-order valence-corrected chi connectivity index (χ4v) is 4.92. The predicted octanol–water partition coefficient (Wildman–Crippen LogP) is 5.59. The van der Waals surface area contributed by atoms with E-state index in [1.54, 1.807) is 4.90 Å². The highest BCUT2D eigenvalue weighted by atomic mass is 35.5. The number of carbonyl (C=O) groups is 1. The Kier molecular flexibility index (Phi) is 8.87. The molecule has 1 aliphatic rings. The summed E-state index contributed by atoms with van der Waals surface area (Å²) in [5.41, 5.74) is 7.06. The highest BCUT2D eigenvalue weighted by molar-refractivity contribution is 6.19. The van der Waals surface area contributed by atoms with Gasteiger partial charge in [0, 0.05) is 56.1 Å². The Morgan fingerprint density at radius 3 is 2.48 bits per heavy atom. The molecular weight excluding hydrogens is 557 g/mol. The van der Waals surface area contributed by atoms with Crippen molar-refractivity contribution in [3.8, 4) is 11.5 Å². The molecule has 2 unspecified atom stereocenters. The lowest BCUT2D eigenvalue weighted by Gasteiger charge is -2.23. The van der Waals surface area contributed by atoms with Gasteiger partial charge in [-0.15, -0.1) is 11.6 Å². The van der Waals surface area contributed by atoms with Crippen LogP contribution in [0, 0.1) is 35.0 Å². The average Bonchev–Trinajstić information content (AvgIpc) is 3.42. The first kappa shape index (κ1) is 29.2. The first-order valence-corrected chi connectivity index (χ1v) is 12.8. The number of hydrogen-bond acceptors (Lipinski definition) is 6. The third kappa shape index (κ3) is 5.72. The number of anilines is 1. The van der Waals surface area contributed by atoms with Crippen molar-refractivity contribution in [1.82, 2.24) is 14.9 Å². The summed E-state index contributed by atoms with van der Waals surface area (Å²) < 4.78 is 75.5. The molecule has 7 nitrogen and oxygen atoms in total. The van der Waals surface area contributed by atoms with Crippen LogP contribution < -0.4 is 10.5 Å². The first-order chi connectivity index (χ1) is 19.1. The third-order valence-corrected chi connectivity index (χ3v) is 7.07. The molecule has 4 rings (SSSR count). The summed E-state index contributed by atoms with van der Waals surface area (Å²) in [6.45, 7) is 2.99. The van der Waals surface area contributed by atoms with Crippen molar-refractivity contribution in [1.29, 1.82) is 0 Å². The molecule has 1 fully saturated rings. The maximum absolute atomic E-state index is 15.4. The van der Waals surface area contributed by atoms with Gasteiger partial charge in [-0.05, 0) is 24.5 Å². The van der Waals surface area contributed by atoms with E-state index in [4.69, 9.17) is 22.1 Å². The normalized spacial score (nSPS) is 16.4. The molecule has 0 saturated carbocycles. The molecule has 40 heavy (non-hydrogen) atoms. The number of halogens is 6. The minimum absolute atomic E-state index is 0.0301. The Morgan fingerprint density at radius 2 is 1.85 bits per heavy atom. The van der Waals surface area contributed by atoms with Crippen LogP contribution in [0.2, 0.25) is 0 Å². The van der Waals surface area contributed by atoms with E-state index in [-0.39, 0.29) is 53.2 Å². The van der Waals surface area contributed by atoms with E-state index in [2.05, 4.69) is 15.0 Å². The van der Waals surface area contributed by atoms with Crippen LogP contribution in [0.4, 0.5) is 27.8 Å². The number of hydrogen-bond donors (Lipinski definition) is 1. The average molecular weight is 582 g/mol. The maximum Gasteiger partial charge on any atom is 0.223 e. The van der Waals surface area contributed by atoms with Gasteiger partial charge in [0.05, 0.1) is 17.0 Å². The van der Waals surface area contributed by atoms with Gasteiger partial charge in [-0.2, -0.15) is 8.78 Å². The lowest BCUT2D eigenvalue weighted by molar-refractivity contribution is -0.129. The summed E-state index contributed by atoms with van der Waals surface area (Å²) in [5.74, 6) is -9.48. The van der Waals surface area contributed by atoms with Gasteiger partial charge >= 0.3 is 0 Å². The minimum atomic E-state index is -1.76. The SMILES string of the molecule is CN=C(c1ccc(Oc2c(F)c(F)cc(F)c2F)cc1F)c1c(N)ncnc1C(C)C1CCN(C(=O)CCCl)C1. The van der Waals surface area contributed by atoms with Crippen molar-refractivity contribution in [2.75, 3.05) is 31.8 Å². The number of ether oxygens (including phenoxy) is 1. The summed E-state index contributed by atoms with van der Waals surface area (Å²) >= 11 is 5.71. The largest absolute Gasteiger partial charge is 0.451 e. The molecule has 0 bridgehead atoms. The van der Waals surface area contributed by atoms with Crippen LogP contribution in [0.15, 0.2) is 35.6 Å². The summed E-state index contributed by atoms with van der Waals surface area (Å²) in [6, 6.07) is 3.22. The fraction of sp³-hybridized carbons (Fsp3) is 0.333. The van der Waals surface area contributed by atoms with Crippen molar-refractivity contribution in [3.63, 3.8) is 0 Å². The predicted molar refractivity (Wildman–Crippen MR) is 139 cm³/mol. The molecule has 2 aromatic carbocycles. The molecule has 2 atom stereocenters. The Hall–Kier alpha value is -3.80. The Labute approximate surface area is 231 Å². The van der Waals surface area contributed by atoms with Crippen molar-refractivity contribution in [2.24, 2.45) is 10.9 Å². The van der Waals surface area contributed by atoms with Crippen molar-refractivity contribution < 1.29 is 31.5 Å². The van der Waals surface area contributed by atoms with Crippen LogP contribution in [0.3, 0.4) is 0 Å². The molecule has 0 radical (unpaired) electrons. The van der Waals surface area contributed by atoms with Gasteiger partial charge in [0.1, 0.15) is 23.7 Å². The lowest BCUT2D eigenvalue weighted by atomic mass is 9.86. The van der Waals surface area contributed by atoms with Crippen LogP contribution in [0.25, 0.3) is 0 Å². The standard InChI is InChI=1S/C27H25ClF5N5O2/c1-13(14-6-8-38(11-14)20(39)5-7-28)24-21(27(34)37-12-36-24)25(35-2)16-4-3-15(9-17(16)29)40-26-22(32)18(30)10-19(31)23(26)33/h3-4,9-10,12-14H,5-8,11H2,1-2H3,(H2,34,36,37). The van der Waals surface area contributed by atoms with Crippen molar-refractivity contribution in [2.45, 2.75) is 25.7 Å². The van der Waals surface area contributed by atoms with Crippen LogP contribution >= 0.6 is 11.6 Å². The summed E-state index contributed by atoms with van der Waals surface area (Å²) in [6.07, 6.45) is 2.25. The monoisotopic (exact) mass is 581 g/mol. The topological polar surface area (TPSA) is 93.7 Å². The van der Waals surface area contributed by atoms with E-state index >= 15 is 4.39 Å². The molecule has 212 valence electrons. The number of aliphatic imine (C=N–C) groups is 1. The Balaban J connectivity index is 1.65. The lowest BCUT2D eigenvalue weighted by Crippen LogP contribution is -2.29. The van der Waals surface area contributed by atoms with E-state index < -0.39 is 40.6 Å². The molecule has 1 aromatic heterocycles. The van der Waals surface area contributed by atoms with E-state index in [0.29, 0.717) is 30.8 Å². The van der Waals surface area contributed by atoms with Gasteiger partial charge in [0.25, 0.3) is 0 Å². The van der Waals surface area contributed by atoms with Crippen molar-refractivity contribution in [3.05, 3.63) is 76.5 Å². The smallest absolute Gasteiger partial charge is 0.223 e. The van der Waals surface area contributed by atoms with Gasteiger partial charge in [-0.1, -0.05) is 6.92 Å². The summed E-state index contributed by atoms with van der Waals surface area (Å²) in [7, 11) is 1.42. The second-order valence-corrected chi connectivity index (χ2v) is 9.63. The van der Waals surface area contributed by atoms with Gasteiger partial charge in [-0.3, -0.25) is 9.79 Å². The molecule has 1 saturated heterocycles. The molecule has 2 heterocycles. The molecule has 3 aromatic rings. The highest BCUT2D eigenvalue weighted by Crippen LogP contribution is 2.36. The Bertz CT molecular complexity index is 1450. The van der Waals surface area contributed by atoms with Crippen LogP contribution in [0.5, 0.6) is 11.5 Å². The van der Waals surface area contributed by atoms with Crippen LogP contribution in [-0.4, -0.2) is 52.5 Å². The van der Waals surface area contributed by atoms with Crippen LogP contribution in [0.1, 0.15) is 42.5 Å². The molecule has 1 amide bonds.